The van der Waals surface area contributed by atoms with Crippen molar-refractivity contribution in [1.29, 1.82) is 0 Å². The summed E-state index contributed by atoms with van der Waals surface area (Å²) in [5, 5.41) is 3.11. The van der Waals surface area contributed by atoms with Crippen LogP contribution in [0.2, 0.25) is 0 Å². The third-order valence-electron chi connectivity index (χ3n) is 3.19. The van der Waals surface area contributed by atoms with E-state index < -0.39 is 6.04 Å². The number of amides is 3. The minimum Gasteiger partial charge on any atom is -0.275 e. The summed E-state index contributed by atoms with van der Waals surface area (Å²) in [6, 6.07) is -0.920. The standard InChI is InChI=1S/C12H17N5O2/c1-5-7-17-8-9(14-11(17)13-6-2)15(3)12(19)16(4)10(8)18/h5,8H,1,6-7H2,2-4H3/p+1. The molecule has 7 heteroatoms. The van der Waals surface area contributed by atoms with Crippen LogP contribution in [0.15, 0.2) is 17.6 Å². The number of aliphatic imine (C=N–C) groups is 1. The van der Waals surface area contributed by atoms with Gasteiger partial charge in [0.15, 0.2) is 0 Å². The molecule has 0 spiro atoms. The normalized spacial score (nSPS) is 22.7. The van der Waals surface area contributed by atoms with Gasteiger partial charge in [-0.15, -0.1) is 0 Å². The van der Waals surface area contributed by atoms with E-state index in [2.05, 4.69) is 16.9 Å². The minimum atomic E-state index is -0.556. The number of imide groups is 1. The van der Waals surface area contributed by atoms with Gasteiger partial charge in [-0.1, -0.05) is 17.6 Å². The highest BCUT2D eigenvalue weighted by Crippen LogP contribution is 2.18. The molecule has 0 aliphatic carbocycles. The Morgan fingerprint density at radius 2 is 2.11 bits per heavy atom. The fourth-order valence-electron chi connectivity index (χ4n) is 2.23. The first-order valence-electron chi connectivity index (χ1n) is 6.15. The van der Waals surface area contributed by atoms with Gasteiger partial charge in [-0.05, 0) is 6.92 Å². The second-order valence-electron chi connectivity index (χ2n) is 4.41. The smallest absolute Gasteiger partial charge is 0.275 e. The summed E-state index contributed by atoms with van der Waals surface area (Å²) in [6.45, 7) is 6.82. The second-order valence-corrected chi connectivity index (χ2v) is 4.41. The first-order valence-corrected chi connectivity index (χ1v) is 6.15. The van der Waals surface area contributed by atoms with Crippen molar-refractivity contribution in [3.63, 3.8) is 0 Å². The van der Waals surface area contributed by atoms with E-state index >= 15 is 0 Å². The molecule has 0 aromatic heterocycles. The van der Waals surface area contributed by atoms with E-state index in [0.717, 1.165) is 4.90 Å². The number of nitrogens with one attached hydrogen (secondary N) is 1. The predicted molar refractivity (Wildman–Crippen MR) is 71.2 cm³/mol. The van der Waals surface area contributed by atoms with Crippen LogP contribution in [0.3, 0.4) is 0 Å². The van der Waals surface area contributed by atoms with Gasteiger partial charge in [0.2, 0.25) is 11.9 Å². The van der Waals surface area contributed by atoms with Crippen LogP contribution in [0.4, 0.5) is 4.79 Å². The van der Waals surface area contributed by atoms with Crippen LogP contribution in [0.1, 0.15) is 6.92 Å². The molecule has 3 amide bonds. The molecule has 0 aromatic carbocycles. The Labute approximate surface area is 111 Å². The number of amidine groups is 1. The van der Waals surface area contributed by atoms with Gasteiger partial charge >= 0.3 is 12.0 Å². The van der Waals surface area contributed by atoms with Crippen LogP contribution in [-0.2, 0) is 4.79 Å². The monoisotopic (exact) mass is 264 g/mol. The molecule has 0 bridgehead atoms. The van der Waals surface area contributed by atoms with Crippen molar-refractivity contribution in [1.82, 2.24) is 15.1 Å². The Bertz CT molecular complexity index is 508. The fourth-order valence-corrected chi connectivity index (χ4v) is 2.23. The van der Waals surface area contributed by atoms with Gasteiger partial charge in [0, 0.05) is 14.1 Å². The van der Waals surface area contributed by atoms with Gasteiger partial charge in [-0.3, -0.25) is 19.9 Å². The van der Waals surface area contributed by atoms with E-state index in [-0.39, 0.29) is 11.9 Å². The average molecular weight is 264 g/mol. The lowest BCUT2D eigenvalue weighted by molar-refractivity contribution is -0.527. The summed E-state index contributed by atoms with van der Waals surface area (Å²) in [7, 11) is 3.10. The summed E-state index contributed by atoms with van der Waals surface area (Å²) in [5.41, 5.74) is 0. The van der Waals surface area contributed by atoms with E-state index in [0.29, 0.717) is 24.9 Å². The van der Waals surface area contributed by atoms with Crippen molar-refractivity contribution in [2.75, 3.05) is 27.2 Å². The number of likely N-dealkylation sites (N-methyl/N-ethyl adjacent to an activating group) is 2. The molecule has 0 aromatic rings. The van der Waals surface area contributed by atoms with Gasteiger partial charge in [-0.2, -0.15) is 0 Å². The maximum atomic E-state index is 12.3. The number of nitrogens with zero attached hydrogens (tertiary/aromatic N) is 4. The van der Waals surface area contributed by atoms with Crippen LogP contribution in [-0.4, -0.2) is 71.3 Å². The van der Waals surface area contributed by atoms with Crippen molar-refractivity contribution in [3.8, 4) is 0 Å². The Kier molecular flexibility index (Phi) is 3.37. The molecule has 1 unspecified atom stereocenters. The number of hydrogen-bond acceptors (Lipinski definition) is 4. The maximum Gasteiger partial charge on any atom is 0.390 e. The molecule has 1 fully saturated rings. The van der Waals surface area contributed by atoms with Gasteiger partial charge in [-0.25, -0.2) is 9.37 Å². The molecule has 2 aliphatic rings. The Hall–Kier alpha value is -2.18. The lowest BCUT2D eigenvalue weighted by Gasteiger charge is -2.31. The topological polar surface area (TPSA) is 68.0 Å². The van der Waals surface area contributed by atoms with Crippen molar-refractivity contribution in [3.05, 3.63) is 12.7 Å². The van der Waals surface area contributed by atoms with Gasteiger partial charge < -0.3 is 0 Å². The van der Waals surface area contributed by atoms with Gasteiger partial charge in [0.05, 0.1) is 13.1 Å². The van der Waals surface area contributed by atoms with Crippen LogP contribution in [0.5, 0.6) is 0 Å². The summed E-state index contributed by atoms with van der Waals surface area (Å²) in [4.78, 5) is 31.1. The fraction of sp³-hybridized carbons (Fsp3) is 0.500. The highest BCUT2D eigenvalue weighted by atomic mass is 16.2. The number of carbonyl (C=O) groups excluding carboxylic acids is 2. The highest BCUT2D eigenvalue weighted by Gasteiger charge is 2.50. The third kappa shape index (κ3) is 1.91. The molecule has 1 saturated heterocycles. The van der Waals surface area contributed by atoms with Crippen molar-refractivity contribution >= 4 is 23.7 Å². The van der Waals surface area contributed by atoms with E-state index in [1.807, 2.05) is 11.5 Å². The number of rotatable bonds is 3. The van der Waals surface area contributed by atoms with E-state index in [1.54, 1.807) is 13.1 Å². The first kappa shape index (κ1) is 13.3. The number of urea groups is 1. The molecule has 19 heavy (non-hydrogen) atoms. The van der Waals surface area contributed by atoms with E-state index in [9.17, 15) is 9.59 Å². The SMILES string of the molecule is C=CC[N+]1=C(NCC)N=C2C1C(=O)N(C)C(=O)N2C. The van der Waals surface area contributed by atoms with Crippen LogP contribution in [0.25, 0.3) is 0 Å². The second kappa shape index (κ2) is 4.83. The first-order chi connectivity index (χ1) is 9.02. The van der Waals surface area contributed by atoms with Gasteiger partial charge in [0.1, 0.15) is 0 Å². The molecule has 0 saturated carbocycles. The zero-order chi connectivity index (χ0) is 14.2. The summed E-state index contributed by atoms with van der Waals surface area (Å²) in [5.74, 6) is 0.799. The summed E-state index contributed by atoms with van der Waals surface area (Å²) in [6.07, 6.45) is 1.71. The van der Waals surface area contributed by atoms with Crippen LogP contribution >= 0.6 is 0 Å². The largest absolute Gasteiger partial charge is 0.390 e. The summed E-state index contributed by atoms with van der Waals surface area (Å²) < 4.78 is 1.81. The van der Waals surface area contributed by atoms with Crippen molar-refractivity contribution < 1.29 is 14.2 Å². The third-order valence-corrected chi connectivity index (χ3v) is 3.19. The van der Waals surface area contributed by atoms with E-state index in [1.165, 1.54) is 11.9 Å². The molecule has 0 radical (unpaired) electrons. The lowest BCUT2D eigenvalue weighted by atomic mass is 10.1. The zero-order valence-corrected chi connectivity index (χ0v) is 11.4. The van der Waals surface area contributed by atoms with E-state index in [4.69, 9.17) is 0 Å². The molecular weight excluding hydrogens is 246 g/mol. The lowest BCUT2D eigenvalue weighted by Crippen LogP contribution is -2.61. The molecular formula is C12H18N5O2+. The van der Waals surface area contributed by atoms with Crippen LogP contribution in [0, 0.1) is 0 Å². The van der Waals surface area contributed by atoms with Crippen LogP contribution < -0.4 is 5.32 Å². The zero-order valence-electron chi connectivity index (χ0n) is 11.4. The number of carbonyl (C=O) groups is 2. The van der Waals surface area contributed by atoms with Crippen molar-refractivity contribution in [2.24, 2.45) is 4.99 Å². The number of guanidine groups is 1. The number of fused-ring (bicyclic) bond motifs is 1. The molecule has 102 valence electrons. The highest BCUT2D eigenvalue weighted by molar-refractivity contribution is 6.22. The molecule has 7 nitrogen and oxygen atoms in total. The molecule has 2 heterocycles. The Morgan fingerprint density at radius 3 is 2.68 bits per heavy atom. The summed E-state index contributed by atoms with van der Waals surface area (Å²) >= 11 is 0. The maximum absolute atomic E-state index is 12.3. The molecule has 2 rings (SSSR count). The Morgan fingerprint density at radius 1 is 1.42 bits per heavy atom. The average Bonchev–Trinajstić information content (AvgIpc) is 2.74. The quantitative estimate of drug-likeness (QED) is 0.549. The molecule has 1 N–H and O–H groups in total. The molecule has 1 atom stereocenters. The Balaban J connectivity index is 2.45. The number of hydrogen-bond donors (Lipinski definition) is 1. The van der Waals surface area contributed by atoms with Crippen molar-refractivity contribution in [2.45, 2.75) is 13.0 Å². The molecule has 2 aliphatic heterocycles. The predicted octanol–water partition coefficient (Wildman–Crippen LogP) is -0.545. The minimum absolute atomic E-state index is 0.267. The van der Waals surface area contributed by atoms with Gasteiger partial charge in [0.25, 0.3) is 5.91 Å².